The first-order valence-corrected chi connectivity index (χ1v) is 4.25. The topological polar surface area (TPSA) is 64.5 Å². The standard InChI is InChI=1S/C10H7FN4/c11-10-2-1-8(3-7(10)4-12)15-9-5-13-14-6-9/h1-3,5-6,15H,(H,13,14). The van der Waals surface area contributed by atoms with Gasteiger partial charge < -0.3 is 5.32 Å². The van der Waals surface area contributed by atoms with E-state index in [2.05, 4.69) is 15.5 Å². The molecule has 74 valence electrons. The Kier molecular flexibility index (Phi) is 2.33. The summed E-state index contributed by atoms with van der Waals surface area (Å²) in [6.45, 7) is 0. The summed E-state index contributed by atoms with van der Waals surface area (Å²) in [6.07, 6.45) is 3.25. The maximum absolute atomic E-state index is 13.0. The zero-order valence-corrected chi connectivity index (χ0v) is 7.66. The smallest absolute Gasteiger partial charge is 0.141 e. The lowest BCUT2D eigenvalue weighted by molar-refractivity contribution is 0.624. The SMILES string of the molecule is N#Cc1cc(Nc2cn[nH]c2)ccc1F. The average Bonchev–Trinajstić information content (AvgIpc) is 2.73. The number of hydrogen-bond acceptors (Lipinski definition) is 3. The Balaban J connectivity index is 2.27. The van der Waals surface area contributed by atoms with Gasteiger partial charge in [-0.15, -0.1) is 0 Å². The molecular formula is C10H7FN4. The molecule has 0 bridgehead atoms. The number of benzene rings is 1. The summed E-state index contributed by atoms with van der Waals surface area (Å²) in [4.78, 5) is 0. The number of rotatable bonds is 2. The lowest BCUT2D eigenvalue weighted by Crippen LogP contribution is -1.91. The molecule has 0 aliphatic heterocycles. The maximum Gasteiger partial charge on any atom is 0.141 e. The molecule has 0 atom stereocenters. The summed E-state index contributed by atoms with van der Waals surface area (Å²) >= 11 is 0. The second-order valence-electron chi connectivity index (χ2n) is 2.92. The van der Waals surface area contributed by atoms with E-state index < -0.39 is 5.82 Å². The molecule has 1 heterocycles. The van der Waals surface area contributed by atoms with Crippen LogP contribution in [0.5, 0.6) is 0 Å². The Morgan fingerprint density at radius 1 is 1.40 bits per heavy atom. The van der Waals surface area contributed by atoms with Crippen molar-refractivity contribution in [3.63, 3.8) is 0 Å². The molecule has 0 amide bonds. The van der Waals surface area contributed by atoms with Gasteiger partial charge in [-0.05, 0) is 18.2 Å². The third-order valence-corrected chi connectivity index (χ3v) is 1.87. The number of nitriles is 1. The number of anilines is 2. The van der Waals surface area contributed by atoms with Crippen LogP contribution in [0.4, 0.5) is 15.8 Å². The Hall–Kier alpha value is -2.35. The number of halogens is 1. The van der Waals surface area contributed by atoms with Gasteiger partial charge in [-0.3, -0.25) is 5.10 Å². The van der Waals surface area contributed by atoms with Crippen molar-refractivity contribution < 1.29 is 4.39 Å². The van der Waals surface area contributed by atoms with Crippen LogP contribution in [0.2, 0.25) is 0 Å². The van der Waals surface area contributed by atoms with Crippen LogP contribution in [0.3, 0.4) is 0 Å². The normalized spacial score (nSPS) is 9.60. The third kappa shape index (κ3) is 1.94. The van der Waals surface area contributed by atoms with Crippen molar-refractivity contribution in [1.82, 2.24) is 10.2 Å². The van der Waals surface area contributed by atoms with Crippen molar-refractivity contribution >= 4 is 11.4 Å². The summed E-state index contributed by atoms with van der Waals surface area (Å²) in [5, 5.41) is 18.0. The van der Waals surface area contributed by atoms with Gasteiger partial charge in [0.25, 0.3) is 0 Å². The predicted molar refractivity (Wildman–Crippen MR) is 53.0 cm³/mol. The van der Waals surface area contributed by atoms with E-state index in [1.807, 2.05) is 0 Å². The van der Waals surface area contributed by atoms with Gasteiger partial charge in [0.05, 0.1) is 17.4 Å². The molecule has 0 aliphatic rings. The molecular weight excluding hydrogens is 195 g/mol. The first-order chi connectivity index (χ1) is 7.29. The number of aromatic nitrogens is 2. The van der Waals surface area contributed by atoms with Gasteiger partial charge in [-0.2, -0.15) is 10.4 Å². The van der Waals surface area contributed by atoms with Gasteiger partial charge in [0.1, 0.15) is 11.9 Å². The molecule has 0 spiro atoms. The molecule has 2 N–H and O–H groups in total. The van der Waals surface area contributed by atoms with E-state index in [4.69, 9.17) is 5.26 Å². The van der Waals surface area contributed by atoms with E-state index in [1.165, 1.54) is 12.1 Å². The summed E-state index contributed by atoms with van der Waals surface area (Å²) in [6, 6.07) is 6.03. The fourth-order valence-corrected chi connectivity index (χ4v) is 1.17. The van der Waals surface area contributed by atoms with E-state index in [-0.39, 0.29) is 5.56 Å². The lowest BCUT2D eigenvalue weighted by atomic mass is 10.2. The Morgan fingerprint density at radius 2 is 2.27 bits per heavy atom. The van der Waals surface area contributed by atoms with Crippen LogP contribution in [0, 0.1) is 17.1 Å². The van der Waals surface area contributed by atoms with Crippen LogP contribution in [-0.2, 0) is 0 Å². The minimum Gasteiger partial charge on any atom is -0.353 e. The minimum atomic E-state index is -0.518. The van der Waals surface area contributed by atoms with Crippen LogP contribution in [0.25, 0.3) is 0 Å². The second kappa shape index (κ2) is 3.80. The molecule has 1 aromatic carbocycles. The molecule has 2 aromatic rings. The van der Waals surface area contributed by atoms with Gasteiger partial charge in [0.15, 0.2) is 0 Å². The molecule has 15 heavy (non-hydrogen) atoms. The Morgan fingerprint density at radius 3 is 2.93 bits per heavy atom. The van der Waals surface area contributed by atoms with Gasteiger partial charge in [-0.1, -0.05) is 0 Å². The molecule has 0 fully saturated rings. The average molecular weight is 202 g/mol. The Labute approximate surface area is 85.4 Å². The monoisotopic (exact) mass is 202 g/mol. The molecule has 1 aromatic heterocycles. The maximum atomic E-state index is 13.0. The van der Waals surface area contributed by atoms with Crippen LogP contribution in [0.15, 0.2) is 30.6 Å². The summed E-state index contributed by atoms with van der Waals surface area (Å²) < 4.78 is 13.0. The minimum absolute atomic E-state index is 0.0171. The second-order valence-corrected chi connectivity index (χ2v) is 2.92. The van der Waals surface area contributed by atoms with Gasteiger partial charge in [0, 0.05) is 11.9 Å². The number of nitrogens with zero attached hydrogens (tertiary/aromatic N) is 2. The number of H-pyrrole nitrogens is 1. The highest BCUT2D eigenvalue weighted by atomic mass is 19.1. The van der Waals surface area contributed by atoms with Crippen LogP contribution in [0.1, 0.15) is 5.56 Å². The van der Waals surface area contributed by atoms with E-state index in [1.54, 1.807) is 24.5 Å². The van der Waals surface area contributed by atoms with Crippen molar-refractivity contribution in [3.8, 4) is 6.07 Å². The van der Waals surface area contributed by atoms with E-state index in [9.17, 15) is 4.39 Å². The molecule has 0 aliphatic carbocycles. The highest BCUT2D eigenvalue weighted by Gasteiger charge is 2.02. The number of hydrogen-bond donors (Lipinski definition) is 2. The van der Waals surface area contributed by atoms with E-state index in [0.717, 1.165) is 5.69 Å². The number of aromatic amines is 1. The molecule has 0 unspecified atom stereocenters. The molecule has 4 nitrogen and oxygen atoms in total. The lowest BCUT2D eigenvalue weighted by Gasteiger charge is -2.03. The highest BCUT2D eigenvalue weighted by molar-refractivity contribution is 5.60. The fourth-order valence-electron chi connectivity index (χ4n) is 1.17. The zero-order valence-electron chi connectivity index (χ0n) is 7.66. The van der Waals surface area contributed by atoms with Crippen LogP contribution < -0.4 is 5.32 Å². The summed E-state index contributed by atoms with van der Waals surface area (Å²) in [7, 11) is 0. The summed E-state index contributed by atoms with van der Waals surface area (Å²) in [5.74, 6) is -0.518. The van der Waals surface area contributed by atoms with Crippen LogP contribution in [-0.4, -0.2) is 10.2 Å². The largest absolute Gasteiger partial charge is 0.353 e. The predicted octanol–water partition coefficient (Wildman–Crippen LogP) is 2.16. The quantitative estimate of drug-likeness (QED) is 0.784. The highest BCUT2D eigenvalue weighted by Crippen LogP contribution is 2.17. The van der Waals surface area contributed by atoms with Crippen molar-refractivity contribution in [2.75, 3.05) is 5.32 Å². The van der Waals surface area contributed by atoms with Crippen molar-refractivity contribution in [1.29, 1.82) is 5.26 Å². The third-order valence-electron chi connectivity index (χ3n) is 1.87. The van der Waals surface area contributed by atoms with Gasteiger partial charge in [-0.25, -0.2) is 4.39 Å². The fraction of sp³-hybridized carbons (Fsp3) is 0. The molecule has 5 heteroatoms. The van der Waals surface area contributed by atoms with Crippen LogP contribution >= 0.6 is 0 Å². The molecule has 0 saturated carbocycles. The van der Waals surface area contributed by atoms with E-state index >= 15 is 0 Å². The van der Waals surface area contributed by atoms with E-state index in [0.29, 0.717) is 5.69 Å². The zero-order chi connectivity index (χ0) is 10.7. The Bertz CT molecular complexity index is 499. The summed E-state index contributed by atoms with van der Waals surface area (Å²) in [5.41, 5.74) is 1.42. The molecule has 2 rings (SSSR count). The first-order valence-electron chi connectivity index (χ1n) is 4.25. The molecule has 0 saturated heterocycles. The number of nitrogens with one attached hydrogen (secondary N) is 2. The van der Waals surface area contributed by atoms with Gasteiger partial charge in [0.2, 0.25) is 0 Å². The van der Waals surface area contributed by atoms with Crippen molar-refractivity contribution in [2.24, 2.45) is 0 Å². The first kappa shape index (κ1) is 9.21. The van der Waals surface area contributed by atoms with Crippen molar-refractivity contribution in [3.05, 3.63) is 42.0 Å². The van der Waals surface area contributed by atoms with Gasteiger partial charge >= 0.3 is 0 Å². The molecule has 0 radical (unpaired) electrons. The van der Waals surface area contributed by atoms with Crippen molar-refractivity contribution in [2.45, 2.75) is 0 Å².